The highest BCUT2D eigenvalue weighted by molar-refractivity contribution is 5.94. The lowest BCUT2D eigenvalue weighted by molar-refractivity contribution is -0.883. The first-order valence-corrected chi connectivity index (χ1v) is 8.30. The van der Waals surface area contributed by atoms with E-state index in [1.54, 1.807) is 0 Å². The van der Waals surface area contributed by atoms with Gasteiger partial charge in [-0.3, -0.25) is 4.79 Å². The third-order valence-electron chi connectivity index (χ3n) is 4.57. The summed E-state index contributed by atoms with van der Waals surface area (Å²) >= 11 is 0. The van der Waals surface area contributed by atoms with Crippen LogP contribution in [0.15, 0.2) is 28.8 Å². The number of piperazine rings is 1. The molecule has 1 saturated heterocycles. The number of rotatable bonds is 4. The average molecular weight is 330 g/mol. The smallest absolute Gasteiger partial charge is 0.254 e. The van der Waals surface area contributed by atoms with Gasteiger partial charge >= 0.3 is 0 Å². The molecule has 2 heterocycles. The van der Waals surface area contributed by atoms with Crippen LogP contribution >= 0.6 is 0 Å². The summed E-state index contributed by atoms with van der Waals surface area (Å²) in [6.45, 7) is 7.82. The Morgan fingerprint density at radius 1 is 1.25 bits per heavy atom. The van der Waals surface area contributed by atoms with Crippen LogP contribution in [0.4, 0.5) is 0 Å². The van der Waals surface area contributed by atoms with E-state index in [2.05, 4.69) is 12.2 Å². The molecule has 1 fully saturated rings. The van der Waals surface area contributed by atoms with Crippen molar-refractivity contribution in [2.45, 2.75) is 20.5 Å². The standard InChI is InChI=1S/C18H23N3O3/c1-13-17(14(2)24-19-13)12-23-16-6-4-15(5-7-16)18(22)21-10-8-20(3)9-11-21/h4-7H,8-12H2,1-3H3/p+1. The molecule has 6 heteroatoms. The summed E-state index contributed by atoms with van der Waals surface area (Å²) < 4.78 is 10.9. The molecule has 24 heavy (non-hydrogen) atoms. The van der Waals surface area contributed by atoms with Gasteiger partial charge in [-0.2, -0.15) is 0 Å². The largest absolute Gasteiger partial charge is 0.489 e. The van der Waals surface area contributed by atoms with Crippen LogP contribution in [0.3, 0.4) is 0 Å². The molecule has 6 nitrogen and oxygen atoms in total. The number of hydrogen-bond donors (Lipinski definition) is 1. The van der Waals surface area contributed by atoms with E-state index in [4.69, 9.17) is 9.26 Å². The molecule has 0 radical (unpaired) electrons. The zero-order valence-corrected chi connectivity index (χ0v) is 14.5. The molecule has 1 N–H and O–H groups in total. The molecule has 0 aliphatic carbocycles. The van der Waals surface area contributed by atoms with Gasteiger partial charge in [0.25, 0.3) is 5.91 Å². The lowest BCUT2D eigenvalue weighted by Crippen LogP contribution is -3.12. The predicted molar refractivity (Wildman–Crippen MR) is 89.3 cm³/mol. The van der Waals surface area contributed by atoms with Crippen molar-refractivity contribution in [2.24, 2.45) is 0 Å². The lowest BCUT2D eigenvalue weighted by atomic mass is 10.1. The number of nitrogens with zero attached hydrogens (tertiary/aromatic N) is 2. The average Bonchev–Trinajstić information content (AvgIpc) is 2.92. The van der Waals surface area contributed by atoms with E-state index in [9.17, 15) is 4.79 Å². The second-order valence-electron chi connectivity index (χ2n) is 6.37. The van der Waals surface area contributed by atoms with Crippen molar-refractivity contribution in [2.75, 3.05) is 33.2 Å². The van der Waals surface area contributed by atoms with Crippen molar-refractivity contribution in [1.29, 1.82) is 0 Å². The minimum absolute atomic E-state index is 0.0970. The molecule has 0 unspecified atom stereocenters. The SMILES string of the molecule is Cc1noc(C)c1COc1ccc(C(=O)N2CC[NH+](C)CC2)cc1. The van der Waals surface area contributed by atoms with E-state index >= 15 is 0 Å². The van der Waals surface area contributed by atoms with Crippen LogP contribution in [-0.2, 0) is 6.61 Å². The van der Waals surface area contributed by atoms with Crippen molar-refractivity contribution in [3.63, 3.8) is 0 Å². The molecule has 1 aliphatic heterocycles. The number of carbonyl (C=O) groups is 1. The molecular weight excluding hydrogens is 306 g/mol. The lowest BCUT2D eigenvalue weighted by Gasteiger charge is -2.30. The summed E-state index contributed by atoms with van der Waals surface area (Å²) in [5.41, 5.74) is 2.52. The highest BCUT2D eigenvalue weighted by atomic mass is 16.5. The number of carbonyl (C=O) groups excluding carboxylic acids is 1. The number of quaternary nitrogens is 1. The van der Waals surface area contributed by atoms with Gasteiger partial charge < -0.3 is 19.1 Å². The van der Waals surface area contributed by atoms with E-state index in [1.807, 2.05) is 43.0 Å². The number of benzene rings is 1. The van der Waals surface area contributed by atoms with Gasteiger partial charge in [0.05, 0.1) is 44.5 Å². The van der Waals surface area contributed by atoms with Crippen LogP contribution in [0.5, 0.6) is 5.75 Å². The Balaban J connectivity index is 1.60. The van der Waals surface area contributed by atoms with Crippen molar-refractivity contribution >= 4 is 5.91 Å². The van der Waals surface area contributed by atoms with Gasteiger partial charge in [-0.15, -0.1) is 0 Å². The maximum Gasteiger partial charge on any atom is 0.254 e. The van der Waals surface area contributed by atoms with Crippen molar-refractivity contribution in [3.05, 3.63) is 46.8 Å². The van der Waals surface area contributed by atoms with Crippen LogP contribution in [0, 0.1) is 13.8 Å². The van der Waals surface area contributed by atoms with Crippen LogP contribution in [0.25, 0.3) is 0 Å². The summed E-state index contributed by atoms with van der Waals surface area (Å²) in [5, 5.41) is 3.92. The van der Waals surface area contributed by atoms with E-state index in [1.165, 1.54) is 4.90 Å². The maximum absolute atomic E-state index is 12.5. The Morgan fingerprint density at radius 3 is 2.50 bits per heavy atom. The van der Waals surface area contributed by atoms with Crippen molar-refractivity contribution < 1.29 is 19.0 Å². The normalized spacial score (nSPS) is 15.5. The third kappa shape index (κ3) is 3.59. The van der Waals surface area contributed by atoms with Crippen LogP contribution < -0.4 is 9.64 Å². The number of amides is 1. The first-order chi connectivity index (χ1) is 11.5. The van der Waals surface area contributed by atoms with Crippen LogP contribution in [-0.4, -0.2) is 49.2 Å². The Morgan fingerprint density at radius 2 is 1.92 bits per heavy atom. The minimum atomic E-state index is 0.0970. The second-order valence-corrected chi connectivity index (χ2v) is 6.37. The summed E-state index contributed by atoms with van der Waals surface area (Å²) in [6.07, 6.45) is 0. The molecular formula is C18H24N3O3+. The molecule has 3 rings (SSSR count). The Labute approximate surface area is 142 Å². The highest BCUT2D eigenvalue weighted by Crippen LogP contribution is 2.18. The second kappa shape index (κ2) is 7.05. The number of aryl methyl sites for hydroxylation is 2. The van der Waals surface area contributed by atoms with E-state index in [0.29, 0.717) is 12.2 Å². The highest BCUT2D eigenvalue weighted by Gasteiger charge is 2.22. The molecule has 128 valence electrons. The summed E-state index contributed by atoms with van der Waals surface area (Å²) in [4.78, 5) is 15.9. The van der Waals surface area contributed by atoms with Crippen LogP contribution in [0.1, 0.15) is 27.4 Å². The van der Waals surface area contributed by atoms with Gasteiger partial charge in [0, 0.05) is 5.56 Å². The first-order valence-electron chi connectivity index (χ1n) is 8.30. The number of ether oxygens (including phenoxy) is 1. The van der Waals surface area contributed by atoms with Gasteiger partial charge in [-0.05, 0) is 38.1 Å². The fraction of sp³-hybridized carbons (Fsp3) is 0.444. The zero-order valence-electron chi connectivity index (χ0n) is 14.5. The van der Waals surface area contributed by atoms with Crippen molar-refractivity contribution in [3.8, 4) is 5.75 Å². The van der Waals surface area contributed by atoms with Gasteiger partial charge in [-0.25, -0.2) is 0 Å². The molecule has 1 aromatic heterocycles. The number of nitrogens with one attached hydrogen (secondary N) is 1. The Kier molecular flexibility index (Phi) is 4.85. The van der Waals surface area contributed by atoms with Gasteiger partial charge in [-0.1, -0.05) is 5.16 Å². The molecule has 0 spiro atoms. The van der Waals surface area contributed by atoms with Crippen molar-refractivity contribution in [1.82, 2.24) is 10.1 Å². The van der Waals surface area contributed by atoms with Crippen LogP contribution in [0.2, 0.25) is 0 Å². The maximum atomic E-state index is 12.5. The molecule has 2 aromatic rings. The Bertz CT molecular complexity index is 681. The number of likely N-dealkylation sites (N-methyl/N-ethyl adjacent to an activating group) is 1. The fourth-order valence-electron chi connectivity index (χ4n) is 2.83. The van der Waals surface area contributed by atoms with E-state index in [0.717, 1.165) is 48.9 Å². The summed E-state index contributed by atoms with van der Waals surface area (Å²) in [6, 6.07) is 7.34. The molecule has 1 aliphatic rings. The molecule has 0 saturated carbocycles. The molecule has 0 atom stereocenters. The number of hydrogen-bond acceptors (Lipinski definition) is 4. The first kappa shape index (κ1) is 16.5. The summed E-state index contributed by atoms with van der Waals surface area (Å²) in [5.74, 6) is 1.60. The van der Waals surface area contributed by atoms with Gasteiger partial charge in [0.1, 0.15) is 18.1 Å². The topological polar surface area (TPSA) is 60.0 Å². The molecule has 1 aromatic carbocycles. The third-order valence-corrected chi connectivity index (χ3v) is 4.57. The fourth-order valence-corrected chi connectivity index (χ4v) is 2.83. The van der Waals surface area contributed by atoms with Gasteiger partial charge in [0.2, 0.25) is 0 Å². The monoisotopic (exact) mass is 330 g/mol. The molecule has 1 amide bonds. The minimum Gasteiger partial charge on any atom is -0.489 e. The predicted octanol–water partition coefficient (Wildman–Crippen LogP) is 0.841. The Hall–Kier alpha value is -2.34. The summed E-state index contributed by atoms with van der Waals surface area (Å²) in [7, 11) is 2.16. The molecule has 0 bridgehead atoms. The zero-order chi connectivity index (χ0) is 17.1. The quantitative estimate of drug-likeness (QED) is 0.903. The van der Waals surface area contributed by atoms with E-state index < -0.39 is 0 Å². The van der Waals surface area contributed by atoms with Gasteiger partial charge in [0.15, 0.2) is 0 Å². The van der Waals surface area contributed by atoms with E-state index in [-0.39, 0.29) is 5.91 Å². The number of aromatic nitrogens is 1.